The van der Waals surface area contributed by atoms with Crippen molar-refractivity contribution in [1.29, 1.82) is 0 Å². The van der Waals surface area contributed by atoms with Crippen molar-refractivity contribution in [3.8, 4) is 0 Å². The van der Waals surface area contributed by atoms with Gasteiger partial charge in [0.25, 0.3) is 0 Å². The van der Waals surface area contributed by atoms with E-state index in [2.05, 4.69) is 15.3 Å². The summed E-state index contributed by atoms with van der Waals surface area (Å²) in [6.07, 6.45) is 0. The first-order valence-electron chi connectivity index (χ1n) is 6.74. The van der Waals surface area contributed by atoms with Gasteiger partial charge in [0.2, 0.25) is 0 Å². The number of hydrogen-bond donors (Lipinski definition) is 1. The Bertz CT molecular complexity index is 564. The standard InChI is InChI=1S/C15H19FN4O/c1-4-17-13-9-15(19-14(18-13)10-21-3)20(2)12-7-5-11(16)6-8-12/h5-9H,4,10H2,1-3H3,(H,17,18,19). The first-order chi connectivity index (χ1) is 10.1. The van der Waals surface area contributed by atoms with E-state index in [-0.39, 0.29) is 5.82 Å². The number of aromatic nitrogens is 2. The molecular formula is C15H19FN4O. The molecule has 1 heterocycles. The average molecular weight is 290 g/mol. The van der Waals surface area contributed by atoms with Crippen LogP contribution >= 0.6 is 0 Å². The van der Waals surface area contributed by atoms with Crippen LogP contribution in [0.25, 0.3) is 0 Å². The highest BCUT2D eigenvalue weighted by molar-refractivity contribution is 5.61. The third-order valence-electron chi connectivity index (χ3n) is 2.95. The van der Waals surface area contributed by atoms with E-state index >= 15 is 0 Å². The Labute approximate surface area is 123 Å². The van der Waals surface area contributed by atoms with Gasteiger partial charge in [-0.1, -0.05) is 0 Å². The van der Waals surface area contributed by atoms with Crippen molar-refractivity contribution in [3.63, 3.8) is 0 Å². The van der Waals surface area contributed by atoms with Gasteiger partial charge in [0.1, 0.15) is 24.1 Å². The molecule has 1 aromatic heterocycles. The van der Waals surface area contributed by atoms with Gasteiger partial charge in [-0.15, -0.1) is 0 Å². The molecule has 0 aliphatic heterocycles. The summed E-state index contributed by atoms with van der Waals surface area (Å²) in [5.74, 6) is 1.80. The van der Waals surface area contributed by atoms with Gasteiger partial charge < -0.3 is 15.0 Å². The van der Waals surface area contributed by atoms with Crippen molar-refractivity contribution in [2.24, 2.45) is 0 Å². The lowest BCUT2D eigenvalue weighted by Crippen LogP contribution is -2.14. The number of hydrogen-bond acceptors (Lipinski definition) is 5. The fourth-order valence-electron chi connectivity index (χ4n) is 1.92. The number of methoxy groups -OCH3 is 1. The van der Waals surface area contributed by atoms with Crippen LogP contribution in [-0.2, 0) is 11.3 Å². The summed E-state index contributed by atoms with van der Waals surface area (Å²) < 4.78 is 18.1. The number of nitrogens with one attached hydrogen (secondary N) is 1. The monoisotopic (exact) mass is 290 g/mol. The summed E-state index contributed by atoms with van der Waals surface area (Å²) in [6, 6.07) is 8.12. The van der Waals surface area contributed by atoms with Gasteiger partial charge in [-0.25, -0.2) is 14.4 Å². The van der Waals surface area contributed by atoms with Crippen LogP contribution in [0.4, 0.5) is 21.7 Å². The Balaban J connectivity index is 2.34. The molecule has 6 heteroatoms. The zero-order valence-corrected chi connectivity index (χ0v) is 12.4. The zero-order chi connectivity index (χ0) is 15.2. The fraction of sp³-hybridized carbons (Fsp3) is 0.333. The van der Waals surface area contributed by atoms with Crippen LogP contribution in [0.15, 0.2) is 30.3 Å². The molecule has 0 radical (unpaired) electrons. The Morgan fingerprint density at radius 3 is 2.57 bits per heavy atom. The summed E-state index contributed by atoms with van der Waals surface area (Å²) in [7, 11) is 3.48. The molecule has 5 nitrogen and oxygen atoms in total. The zero-order valence-electron chi connectivity index (χ0n) is 12.4. The third kappa shape index (κ3) is 3.88. The van der Waals surface area contributed by atoms with Crippen molar-refractivity contribution >= 4 is 17.3 Å². The lowest BCUT2D eigenvalue weighted by molar-refractivity contribution is 0.178. The second-order valence-corrected chi connectivity index (χ2v) is 4.53. The first-order valence-corrected chi connectivity index (χ1v) is 6.74. The maximum atomic E-state index is 13.0. The molecule has 0 aliphatic rings. The van der Waals surface area contributed by atoms with Crippen LogP contribution in [0, 0.1) is 5.82 Å². The summed E-state index contributed by atoms with van der Waals surface area (Å²) in [4.78, 5) is 10.7. The molecule has 1 N–H and O–H groups in total. The maximum Gasteiger partial charge on any atom is 0.158 e. The van der Waals surface area contributed by atoms with Crippen LogP contribution in [0.5, 0.6) is 0 Å². The van der Waals surface area contributed by atoms with Crippen molar-refractivity contribution in [3.05, 3.63) is 42.0 Å². The highest BCUT2D eigenvalue weighted by atomic mass is 19.1. The Morgan fingerprint density at radius 2 is 1.95 bits per heavy atom. The summed E-state index contributed by atoms with van der Waals surface area (Å²) in [6.45, 7) is 3.11. The highest BCUT2D eigenvalue weighted by Crippen LogP contribution is 2.24. The first kappa shape index (κ1) is 15.2. The molecule has 112 valence electrons. The number of nitrogens with zero attached hydrogens (tertiary/aromatic N) is 3. The topological polar surface area (TPSA) is 50.3 Å². The number of halogens is 1. The van der Waals surface area contributed by atoms with E-state index in [1.165, 1.54) is 12.1 Å². The smallest absolute Gasteiger partial charge is 0.158 e. The Kier molecular flexibility index (Phi) is 5.05. The average Bonchev–Trinajstić information content (AvgIpc) is 2.48. The number of benzene rings is 1. The lowest BCUT2D eigenvalue weighted by Gasteiger charge is -2.19. The predicted molar refractivity (Wildman–Crippen MR) is 81.4 cm³/mol. The van der Waals surface area contributed by atoms with Crippen LogP contribution in [-0.4, -0.2) is 30.7 Å². The normalized spacial score (nSPS) is 10.5. The maximum absolute atomic E-state index is 13.0. The minimum atomic E-state index is -0.261. The minimum absolute atomic E-state index is 0.261. The SMILES string of the molecule is CCNc1cc(N(C)c2ccc(F)cc2)nc(COC)n1. The number of ether oxygens (including phenoxy) is 1. The highest BCUT2D eigenvalue weighted by Gasteiger charge is 2.10. The summed E-state index contributed by atoms with van der Waals surface area (Å²) >= 11 is 0. The van der Waals surface area contributed by atoms with Crippen molar-refractivity contribution in [1.82, 2.24) is 9.97 Å². The molecule has 0 unspecified atom stereocenters. The van der Waals surface area contributed by atoms with Gasteiger partial charge in [-0.3, -0.25) is 0 Å². The minimum Gasteiger partial charge on any atom is -0.377 e. The van der Waals surface area contributed by atoms with Crippen LogP contribution in [0.1, 0.15) is 12.7 Å². The largest absolute Gasteiger partial charge is 0.377 e. The van der Waals surface area contributed by atoms with Gasteiger partial charge in [0.05, 0.1) is 0 Å². The molecule has 0 atom stereocenters. The van der Waals surface area contributed by atoms with Gasteiger partial charge in [-0.05, 0) is 31.2 Å². The lowest BCUT2D eigenvalue weighted by atomic mass is 10.3. The van der Waals surface area contributed by atoms with Gasteiger partial charge >= 0.3 is 0 Å². The molecule has 0 saturated heterocycles. The van der Waals surface area contributed by atoms with E-state index in [4.69, 9.17) is 4.74 Å². The van der Waals surface area contributed by atoms with Crippen LogP contribution in [0.2, 0.25) is 0 Å². The second kappa shape index (κ2) is 6.99. The Hall–Kier alpha value is -2.21. The molecule has 1 aromatic carbocycles. The number of rotatable bonds is 6. The molecular weight excluding hydrogens is 271 g/mol. The fourth-order valence-corrected chi connectivity index (χ4v) is 1.92. The van der Waals surface area contributed by atoms with Gasteiger partial charge in [0, 0.05) is 32.5 Å². The molecule has 2 aromatic rings. The molecule has 0 bridgehead atoms. The molecule has 2 rings (SSSR count). The van der Waals surface area contributed by atoms with Gasteiger partial charge in [0.15, 0.2) is 5.82 Å². The van der Waals surface area contributed by atoms with E-state index in [1.807, 2.05) is 24.9 Å². The quantitative estimate of drug-likeness (QED) is 0.886. The van der Waals surface area contributed by atoms with Crippen molar-refractivity contribution in [2.45, 2.75) is 13.5 Å². The summed E-state index contributed by atoms with van der Waals surface area (Å²) in [5, 5.41) is 3.17. The Morgan fingerprint density at radius 1 is 1.24 bits per heavy atom. The second-order valence-electron chi connectivity index (χ2n) is 4.53. The van der Waals surface area contributed by atoms with E-state index in [1.54, 1.807) is 19.2 Å². The number of anilines is 3. The molecule has 0 spiro atoms. The molecule has 21 heavy (non-hydrogen) atoms. The summed E-state index contributed by atoms with van der Waals surface area (Å²) in [5.41, 5.74) is 0.848. The van der Waals surface area contributed by atoms with E-state index in [0.29, 0.717) is 12.4 Å². The van der Waals surface area contributed by atoms with Crippen molar-refractivity contribution in [2.75, 3.05) is 30.9 Å². The molecule has 0 amide bonds. The van der Waals surface area contributed by atoms with Gasteiger partial charge in [-0.2, -0.15) is 0 Å². The molecule has 0 fully saturated rings. The molecule has 0 saturated carbocycles. The van der Waals surface area contributed by atoms with E-state index in [9.17, 15) is 4.39 Å². The van der Waals surface area contributed by atoms with Crippen molar-refractivity contribution < 1.29 is 9.13 Å². The van der Waals surface area contributed by atoms with Crippen LogP contribution in [0.3, 0.4) is 0 Å². The van der Waals surface area contributed by atoms with E-state index < -0.39 is 0 Å². The predicted octanol–water partition coefficient (Wildman–Crippen LogP) is 2.96. The van der Waals surface area contributed by atoms with Crippen LogP contribution < -0.4 is 10.2 Å². The molecule has 0 aliphatic carbocycles. The van der Waals surface area contributed by atoms with E-state index in [0.717, 1.165) is 23.9 Å². The third-order valence-corrected chi connectivity index (χ3v) is 2.95.